The summed E-state index contributed by atoms with van der Waals surface area (Å²) >= 11 is 0. The molecule has 0 radical (unpaired) electrons. The molecule has 1 fully saturated rings. The van der Waals surface area contributed by atoms with Gasteiger partial charge in [-0.1, -0.05) is 18.4 Å². The van der Waals surface area contributed by atoms with Gasteiger partial charge in [0, 0.05) is 12.3 Å². The van der Waals surface area contributed by atoms with Crippen molar-refractivity contribution in [3.63, 3.8) is 0 Å². The molecule has 6 nitrogen and oxygen atoms in total. The third-order valence-corrected chi connectivity index (χ3v) is 3.37. The average molecular weight is 274 g/mol. The second-order valence-electron chi connectivity index (χ2n) is 4.50. The second kappa shape index (κ2) is 5.03. The Morgan fingerprint density at radius 3 is 2.80 bits per heavy atom. The first kappa shape index (κ1) is 14.2. The standard InChI is InChI=1S/C14H14N2O4/c1-4-10-12(19)14(5-2,8-17)20-13(10)16-7-6-11(18)15-9(16)3/h1-2,6-7,10,12-13,17,19H,3,8H2,(H,15,18)/t10-,12-,13+,14+/m0/s1. The summed E-state index contributed by atoms with van der Waals surface area (Å²) in [5, 5.41) is 22.1. The monoisotopic (exact) mass is 274 g/mol. The fourth-order valence-electron chi connectivity index (χ4n) is 2.23. The van der Waals surface area contributed by atoms with Gasteiger partial charge in [-0.15, -0.1) is 12.8 Å². The van der Waals surface area contributed by atoms with E-state index in [1.54, 1.807) is 0 Å². The molecule has 104 valence electrons. The fraction of sp³-hybridized carbons (Fsp3) is 0.357. The van der Waals surface area contributed by atoms with E-state index in [2.05, 4.69) is 23.7 Å². The van der Waals surface area contributed by atoms with Gasteiger partial charge in [0.05, 0.1) is 12.5 Å². The van der Waals surface area contributed by atoms with Gasteiger partial charge in [0.15, 0.2) is 11.8 Å². The summed E-state index contributed by atoms with van der Waals surface area (Å²) in [6.07, 6.45) is 11.4. The Balaban J connectivity index is 2.36. The predicted molar refractivity (Wildman–Crippen MR) is 70.1 cm³/mol. The zero-order valence-electron chi connectivity index (χ0n) is 10.6. The first-order chi connectivity index (χ1) is 9.49. The Labute approximate surface area is 116 Å². The minimum absolute atomic E-state index is 0.251. The topological polar surface area (TPSA) is 82.0 Å². The predicted octanol–water partition coefficient (Wildman–Crippen LogP) is -1.27. The molecule has 0 bridgehead atoms. The quantitative estimate of drug-likeness (QED) is 0.547. The van der Waals surface area contributed by atoms with Crippen LogP contribution in [0.1, 0.15) is 0 Å². The number of terminal acetylenes is 2. The maximum Gasteiger partial charge on any atom is 0.250 e. The largest absolute Gasteiger partial charge is 0.392 e. The van der Waals surface area contributed by atoms with Crippen LogP contribution >= 0.6 is 0 Å². The molecule has 0 spiro atoms. The molecule has 0 saturated carbocycles. The van der Waals surface area contributed by atoms with Crippen LogP contribution in [0.4, 0.5) is 0 Å². The number of amides is 1. The number of carbonyl (C=O) groups excluding carboxylic acids is 1. The number of hydrogen-bond donors (Lipinski definition) is 3. The molecule has 6 heteroatoms. The van der Waals surface area contributed by atoms with Crippen molar-refractivity contribution in [2.24, 2.45) is 5.92 Å². The molecule has 1 amide bonds. The van der Waals surface area contributed by atoms with Gasteiger partial charge in [-0.3, -0.25) is 4.79 Å². The molecule has 4 atom stereocenters. The van der Waals surface area contributed by atoms with Crippen LogP contribution in [0, 0.1) is 30.6 Å². The van der Waals surface area contributed by atoms with Crippen molar-refractivity contribution in [2.45, 2.75) is 17.9 Å². The van der Waals surface area contributed by atoms with Crippen molar-refractivity contribution in [2.75, 3.05) is 6.61 Å². The first-order valence-electron chi connectivity index (χ1n) is 5.86. The van der Waals surface area contributed by atoms with E-state index in [0.717, 1.165) is 0 Å². The lowest BCUT2D eigenvalue weighted by Gasteiger charge is -2.33. The molecule has 3 N–H and O–H groups in total. The number of aliphatic hydroxyl groups is 2. The smallest absolute Gasteiger partial charge is 0.250 e. The highest BCUT2D eigenvalue weighted by molar-refractivity contribution is 5.89. The summed E-state index contributed by atoms with van der Waals surface area (Å²) in [5.74, 6) is 3.79. The number of carbonyl (C=O) groups is 1. The molecule has 0 aromatic rings. The van der Waals surface area contributed by atoms with Gasteiger partial charge in [0.25, 0.3) is 5.91 Å². The molecule has 2 aliphatic rings. The Morgan fingerprint density at radius 2 is 2.30 bits per heavy atom. The summed E-state index contributed by atoms with van der Waals surface area (Å²) in [6, 6.07) is 0. The lowest BCUT2D eigenvalue weighted by atomic mass is 9.91. The number of nitrogens with zero attached hydrogens (tertiary/aromatic N) is 1. The van der Waals surface area contributed by atoms with Gasteiger partial charge in [-0.2, -0.15) is 0 Å². The number of nitrogens with one attached hydrogen (secondary N) is 1. The normalized spacial score (nSPS) is 36.4. The van der Waals surface area contributed by atoms with Crippen LogP contribution in [0.25, 0.3) is 0 Å². The van der Waals surface area contributed by atoms with Gasteiger partial charge in [0.1, 0.15) is 11.9 Å². The van der Waals surface area contributed by atoms with Gasteiger partial charge in [-0.25, -0.2) is 0 Å². The summed E-state index contributed by atoms with van der Waals surface area (Å²) in [4.78, 5) is 12.7. The highest BCUT2D eigenvalue weighted by Crippen LogP contribution is 2.37. The number of ether oxygens (including phenoxy) is 1. The van der Waals surface area contributed by atoms with E-state index in [9.17, 15) is 15.0 Å². The molecule has 20 heavy (non-hydrogen) atoms. The van der Waals surface area contributed by atoms with Gasteiger partial charge in [-0.05, 0) is 0 Å². The third kappa shape index (κ3) is 1.97. The molecular formula is C14H14N2O4. The maximum absolute atomic E-state index is 11.2. The molecule has 0 aromatic heterocycles. The van der Waals surface area contributed by atoms with Crippen molar-refractivity contribution in [1.29, 1.82) is 0 Å². The summed E-state index contributed by atoms with van der Waals surface area (Å²) in [5.41, 5.74) is -1.57. The number of aliphatic hydroxyl groups excluding tert-OH is 2. The fourth-order valence-corrected chi connectivity index (χ4v) is 2.23. The van der Waals surface area contributed by atoms with E-state index in [1.165, 1.54) is 17.2 Å². The third-order valence-electron chi connectivity index (χ3n) is 3.37. The van der Waals surface area contributed by atoms with Crippen molar-refractivity contribution in [3.05, 3.63) is 24.7 Å². The number of rotatable bonds is 2. The highest BCUT2D eigenvalue weighted by atomic mass is 16.6. The van der Waals surface area contributed by atoms with E-state index in [1.807, 2.05) is 0 Å². The summed E-state index contributed by atoms with van der Waals surface area (Å²) in [7, 11) is 0. The first-order valence-corrected chi connectivity index (χ1v) is 5.86. The zero-order valence-corrected chi connectivity index (χ0v) is 10.6. The van der Waals surface area contributed by atoms with E-state index < -0.39 is 30.5 Å². The van der Waals surface area contributed by atoms with Gasteiger partial charge < -0.3 is 25.2 Å². The minimum atomic E-state index is -1.57. The molecule has 2 rings (SSSR count). The van der Waals surface area contributed by atoms with Crippen molar-refractivity contribution in [1.82, 2.24) is 10.2 Å². The summed E-state index contributed by atoms with van der Waals surface area (Å²) in [6.45, 7) is 3.11. The minimum Gasteiger partial charge on any atom is -0.392 e. The van der Waals surface area contributed by atoms with Crippen molar-refractivity contribution < 1.29 is 19.7 Å². The van der Waals surface area contributed by atoms with Gasteiger partial charge >= 0.3 is 0 Å². The van der Waals surface area contributed by atoms with E-state index >= 15 is 0 Å². The Hall–Kier alpha value is -2.25. The molecular weight excluding hydrogens is 260 g/mol. The average Bonchev–Trinajstić information content (AvgIpc) is 2.71. The van der Waals surface area contributed by atoms with Crippen LogP contribution in [0.3, 0.4) is 0 Å². The molecule has 2 aliphatic heterocycles. The van der Waals surface area contributed by atoms with Crippen LogP contribution in [-0.4, -0.2) is 45.6 Å². The Bertz CT molecular complexity index is 557. The highest BCUT2D eigenvalue weighted by Gasteiger charge is 2.55. The Morgan fingerprint density at radius 1 is 1.60 bits per heavy atom. The van der Waals surface area contributed by atoms with Gasteiger partial charge in [0.2, 0.25) is 0 Å². The van der Waals surface area contributed by atoms with Crippen LogP contribution in [0.2, 0.25) is 0 Å². The van der Waals surface area contributed by atoms with Crippen molar-refractivity contribution >= 4 is 5.91 Å². The number of hydrogen-bond acceptors (Lipinski definition) is 5. The van der Waals surface area contributed by atoms with Crippen LogP contribution < -0.4 is 5.32 Å². The van der Waals surface area contributed by atoms with Crippen LogP contribution in [-0.2, 0) is 9.53 Å². The SMILES string of the molecule is C#C[C@@H]1[C@H](N2C=CC(=O)NC2=C)O[C@](C#C)(CO)[C@H]1O. The molecule has 1 saturated heterocycles. The lowest BCUT2D eigenvalue weighted by Crippen LogP contribution is -2.44. The maximum atomic E-state index is 11.2. The molecule has 0 aromatic carbocycles. The van der Waals surface area contributed by atoms with Crippen molar-refractivity contribution in [3.8, 4) is 24.7 Å². The van der Waals surface area contributed by atoms with Crippen LogP contribution in [0.15, 0.2) is 24.7 Å². The molecule has 2 heterocycles. The molecule has 0 unspecified atom stereocenters. The Kier molecular flexibility index (Phi) is 3.56. The van der Waals surface area contributed by atoms with E-state index in [4.69, 9.17) is 17.6 Å². The summed E-state index contributed by atoms with van der Waals surface area (Å²) < 4.78 is 5.59. The lowest BCUT2D eigenvalue weighted by molar-refractivity contribution is -0.119. The molecule has 0 aliphatic carbocycles. The van der Waals surface area contributed by atoms with Crippen LogP contribution in [0.5, 0.6) is 0 Å². The second-order valence-corrected chi connectivity index (χ2v) is 4.50. The van der Waals surface area contributed by atoms with E-state index in [-0.39, 0.29) is 11.7 Å². The van der Waals surface area contributed by atoms with E-state index in [0.29, 0.717) is 0 Å². The zero-order chi connectivity index (χ0) is 14.9.